The highest BCUT2D eigenvalue weighted by Crippen LogP contribution is 2.21. The average molecular weight is 204 g/mol. The maximum atomic E-state index is 11.8. The maximum absolute atomic E-state index is 11.8. The molecule has 1 atom stereocenters. The molecule has 4 heteroatoms. The van der Waals surface area contributed by atoms with E-state index in [9.17, 15) is 9.59 Å². The van der Waals surface area contributed by atoms with Gasteiger partial charge >= 0.3 is 0 Å². The first-order valence-corrected chi connectivity index (χ1v) is 4.81. The van der Waals surface area contributed by atoms with Crippen LogP contribution in [-0.4, -0.2) is 17.9 Å². The number of rotatable bonds is 0. The molecule has 0 unspecified atom stereocenters. The number of hydrogen-bond acceptors (Lipinski definition) is 2. The Kier molecular flexibility index (Phi) is 2.19. The van der Waals surface area contributed by atoms with E-state index in [0.29, 0.717) is 11.3 Å². The topological polar surface area (TPSA) is 58.2 Å². The lowest BCUT2D eigenvalue weighted by Gasteiger charge is -2.07. The molecular weight excluding hydrogens is 192 g/mol. The van der Waals surface area contributed by atoms with E-state index >= 15 is 0 Å². The fraction of sp³-hybridized carbons (Fsp3) is 0.273. The summed E-state index contributed by atoms with van der Waals surface area (Å²) < 4.78 is 0. The van der Waals surface area contributed by atoms with Gasteiger partial charge in [-0.3, -0.25) is 9.59 Å². The third-order valence-electron chi connectivity index (χ3n) is 2.50. The molecule has 0 saturated heterocycles. The molecule has 0 aliphatic carbocycles. The Labute approximate surface area is 87.7 Å². The van der Waals surface area contributed by atoms with Gasteiger partial charge in [-0.1, -0.05) is 12.1 Å². The van der Waals surface area contributed by atoms with Crippen molar-refractivity contribution in [2.75, 3.05) is 5.32 Å². The molecule has 2 amide bonds. The number of amides is 2. The number of nitrogens with one attached hydrogen (secondary N) is 2. The Morgan fingerprint density at radius 1 is 1.27 bits per heavy atom. The predicted octanol–water partition coefficient (Wildman–Crippen LogP) is 1.07. The van der Waals surface area contributed by atoms with Crippen molar-refractivity contribution in [1.82, 2.24) is 5.32 Å². The van der Waals surface area contributed by atoms with E-state index in [-0.39, 0.29) is 11.8 Å². The largest absolute Gasteiger partial charge is 0.340 e. The highest BCUT2D eigenvalue weighted by molar-refractivity contribution is 6.10. The van der Waals surface area contributed by atoms with Crippen LogP contribution in [0, 0.1) is 6.92 Å². The third-order valence-corrected chi connectivity index (χ3v) is 2.50. The molecule has 0 saturated carbocycles. The Morgan fingerprint density at radius 3 is 2.73 bits per heavy atom. The van der Waals surface area contributed by atoms with Gasteiger partial charge in [0.2, 0.25) is 5.91 Å². The van der Waals surface area contributed by atoms with Crippen molar-refractivity contribution in [2.24, 2.45) is 0 Å². The normalized spacial score (nSPS) is 20.0. The molecule has 1 aliphatic heterocycles. The summed E-state index contributed by atoms with van der Waals surface area (Å²) in [7, 11) is 0. The smallest absolute Gasteiger partial charge is 0.254 e. The van der Waals surface area contributed by atoms with Crippen LogP contribution in [0.15, 0.2) is 18.2 Å². The van der Waals surface area contributed by atoms with Gasteiger partial charge in [-0.15, -0.1) is 0 Å². The molecule has 1 aromatic carbocycles. The minimum atomic E-state index is -0.496. The summed E-state index contributed by atoms with van der Waals surface area (Å²) in [6.07, 6.45) is 0. The van der Waals surface area contributed by atoms with Crippen LogP contribution in [0.5, 0.6) is 0 Å². The minimum absolute atomic E-state index is 0.187. The molecule has 0 bridgehead atoms. The van der Waals surface area contributed by atoms with Gasteiger partial charge in [0.15, 0.2) is 0 Å². The van der Waals surface area contributed by atoms with E-state index < -0.39 is 6.04 Å². The SMILES string of the molecule is Cc1cccc2c1C(=O)N[C@@H](C)C(=O)N2. The minimum Gasteiger partial charge on any atom is -0.340 e. The summed E-state index contributed by atoms with van der Waals surface area (Å²) in [6, 6.07) is 4.90. The van der Waals surface area contributed by atoms with Crippen molar-refractivity contribution in [3.8, 4) is 0 Å². The first-order valence-electron chi connectivity index (χ1n) is 4.81. The van der Waals surface area contributed by atoms with Gasteiger partial charge in [0.1, 0.15) is 6.04 Å². The van der Waals surface area contributed by atoms with Crippen molar-refractivity contribution in [1.29, 1.82) is 0 Å². The van der Waals surface area contributed by atoms with Crippen LogP contribution in [-0.2, 0) is 4.79 Å². The van der Waals surface area contributed by atoms with Crippen molar-refractivity contribution in [3.63, 3.8) is 0 Å². The van der Waals surface area contributed by atoms with Crippen LogP contribution in [0.1, 0.15) is 22.8 Å². The van der Waals surface area contributed by atoms with Crippen LogP contribution >= 0.6 is 0 Å². The molecule has 2 N–H and O–H groups in total. The average Bonchev–Trinajstić information content (AvgIpc) is 2.26. The lowest BCUT2D eigenvalue weighted by molar-refractivity contribution is -0.117. The van der Waals surface area contributed by atoms with Crippen LogP contribution in [0.25, 0.3) is 0 Å². The Balaban J connectivity index is 2.56. The van der Waals surface area contributed by atoms with Crippen molar-refractivity contribution < 1.29 is 9.59 Å². The first-order chi connectivity index (χ1) is 7.09. The number of benzene rings is 1. The summed E-state index contributed by atoms with van der Waals surface area (Å²) >= 11 is 0. The Hall–Kier alpha value is -1.84. The fourth-order valence-corrected chi connectivity index (χ4v) is 1.65. The summed E-state index contributed by atoms with van der Waals surface area (Å²) in [4.78, 5) is 23.3. The lowest BCUT2D eigenvalue weighted by atomic mass is 10.1. The zero-order valence-electron chi connectivity index (χ0n) is 8.63. The second-order valence-corrected chi connectivity index (χ2v) is 3.68. The van der Waals surface area contributed by atoms with E-state index in [2.05, 4.69) is 10.6 Å². The van der Waals surface area contributed by atoms with Gasteiger partial charge in [-0.25, -0.2) is 0 Å². The highest BCUT2D eigenvalue weighted by Gasteiger charge is 2.25. The highest BCUT2D eigenvalue weighted by atomic mass is 16.2. The van der Waals surface area contributed by atoms with E-state index in [0.717, 1.165) is 5.56 Å². The van der Waals surface area contributed by atoms with Gasteiger partial charge in [0.05, 0.1) is 11.3 Å². The zero-order valence-corrected chi connectivity index (χ0v) is 8.63. The van der Waals surface area contributed by atoms with Gasteiger partial charge in [-0.05, 0) is 25.5 Å². The molecule has 0 aromatic heterocycles. The van der Waals surface area contributed by atoms with Crippen LogP contribution < -0.4 is 10.6 Å². The van der Waals surface area contributed by atoms with Gasteiger partial charge < -0.3 is 10.6 Å². The quantitative estimate of drug-likeness (QED) is 0.664. The van der Waals surface area contributed by atoms with Gasteiger partial charge in [0.25, 0.3) is 5.91 Å². The second-order valence-electron chi connectivity index (χ2n) is 3.68. The summed E-state index contributed by atoms with van der Waals surface area (Å²) in [5.41, 5.74) is 2.00. The van der Waals surface area contributed by atoms with Crippen molar-refractivity contribution in [2.45, 2.75) is 19.9 Å². The van der Waals surface area contributed by atoms with E-state index in [1.54, 1.807) is 13.0 Å². The van der Waals surface area contributed by atoms with E-state index in [4.69, 9.17) is 0 Å². The van der Waals surface area contributed by atoms with Crippen LogP contribution in [0.4, 0.5) is 5.69 Å². The fourth-order valence-electron chi connectivity index (χ4n) is 1.65. The summed E-state index contributed by atoms with van der Waals surface area (Å²) in [6.45, 7) is 3.51. The van der Waals surface area contributed by atoms with Crippen molar-refractivity contribution >= 4 is 17.5 Å². The predicted molar refractivity (Wildman–Crippen MR) is 56.7 cm³/mol. The molecule has 0 radical (unpaired) electrons. The number of hydrogen-bond donors (Lipinski definition) is 2. The first kappa shape index (κ1) is 9.71. The molecule has 2 rings (SSSR count). The molecule has 0 fully saturated rings. The number of carbonyl (C=O) groups is 2. The molecule has 1 aromatic rings. The van der Waals surface area contributed by atoms with Gasteiger partial charge in [0, 0.05) is 0 Å². The number of aryl methyl sites for hydroxylation is 1. The second kappa shape index (κ2) is 3.38. The summed E-state index contributed by atoms with van der Waals surface area (Å²) in [5, 5.41) is 5.36. The molecule has 0 spiro atoms. The maximum Gasteiger partial charge on any atom is 0.254 e. The molecule has 1 heterocycles. The lowest BCUT2D eigenvalue weighted by Crippen LogP contribution is -2.38. The standard InChI is InChI=1S/C11H12N2O2/c1-6-4-3-5-8-9(6)11(15)12-7(2)10(14)13-8/h3-5,7H,1-2H3,(H,12,15)(H,13,14)/t7-/m0/s1. The molecule has 1 aliphatic rings. The van der Waals surface area contributed by atoms with E-state index in [1.165, 1.54) is 0 Å². The van der Waals surface area contributed by atoms with Gasteiger partial charge in [-0.2, -0.15) is 0 Å². The van der Waals surface area contributed by atoms with Crippen LogP contribution in [0.3, 0.4) is 0 Å². The molecule has 4 nitrogen and oxygen atoms in total. The third kappa shape index (κ3) is 1.58. The number of fused-ring (bicyclic) bond motifs is 1. The number of anilines is 1. The molecular formula is C11H12N2O2. The van der Waals surface area contributed by atoms with Crippen molar-refractivity contribution in [3.05, 3.63) is 29.3 Å². The van der Waals surface area contributed by atoms with Crippen LogP contribution in [0.2, 0.25) is 0 Å². The Morgan fingerprint density at radius 2 is 2.00 bits per heavy atom. The number of carbonyl (C=O) groups excluding carboxylic acids is 2. The zero-order chi connectivity index (χ0) is 11.0. The van der Waals surface area contributed by atoms with E-state index in [1.807, 2.05) is 19.1 Å². The summed E-state index contributed by atoms with van der Waals surface area (Å²) in [5.74, 6) is -0.387. The Bertz CT molecular complexity index is 440. The molecule has 78 valence electrons. The molecule has 15 heavy (non-hydrogen) atoms. The monoisotopic (exact) mass is 204 g/mol.